The summed E-state index contributed by atoms with van der Waals surface area (Å²) in [6.45, 7) is 0. The first-order valence-electron chi connectivity index (χ1n) is 18.1. The van der Waals surface area contributed by atoms with Gasteiger partial charge in [-0.25, -0.2) is 0 Å². The Morgan fingerprint density at radius 3 is 0.925 bits per heavy atom. The van der Waals surface area contributed by atoms with Gasteiger partial charge in [0.2, 0.25) is 0 Å². The fourth-order valence-corrected chi connectivity index (χ4v) is 8.03. The van der Waals surface area contributed by atoms with Gasteiger partial charge in [-0.1, -0.05) is 133 Å². The van der Waals surface area contributed by atoms with Gasteiger partial charge in [-0.3, -0.25) is 0 Å². The summed E-state index contributed by atoms with van der Waals surface area (Å²) in [6.07, 6.45) is 0. The van der Waals surface area contributed by atoms with Crippen molar-refractivity contribution in [3.63, 3.8) is 0 Å². The average molecular weight is 678 g/mol. The highest BCUT2D eigenvalue weighted by molar-refractivity contribution is 6.22. The van der Waals surface area contributed by atoms with Crippen molar-refractivity contribution in [2.24, 2.45) is 0 Å². The summed E-state index contributed by atoms with van der Waals surface area (Å²) in [5.74, 6) is 0. The molecule has 53 heavy (non-hydrogen) atoms. The van der Waals surface area contributed by atoms with Crippen molar-refractivity contribution in [1.82, 2.24) is 0 Å². The van der Waals surface area contributed by atoms with Crippen LogP contribution in [0.1, 0.15) is 0 Å². The van der Waals surface area contributed by atoms with E-state index in [4.69, 9.17) is 0 Å². The third kappa shape index (κ3) is 5.30. The molecule has 0 fully saturated rings. The number of para-hydroxylation sites is 2. The standard InChI is InChI=1S/C50H35N3/c1-4-17-36(18-5-1)49-45-29-10-12-31-47(45)50(48-32-13-11-30-46(48)49)53-43-27-15-25-41(34-43)51(37-19-6-2-7-20-37)39-23-14-24-40(33-39)52(38-21-8-3-9-22-38)42-26-16-28-44(53)35-42/h1-35H. The predicted octanol–water partition coefficient (Wildman–Crippen LogP) is 14.4. The fraction of sp³-hybridized carbons (Fsp3) is 0. The summed E-state index contributed by atoms with van der Waals surface area (Å²) in [6, 6.07) is 76.7. The Labute approximate surface area is 309 Å². The molecule has 6 bridgehead atoms. The molecule has 3 nitrogen and oxygen atoms in total. The number of benzene rings is 9. The minimum absolute atomic E-state index is 1.08. The van der Waals surface area contributed by atoms with Crippen LogP contribution in [0.25, 0.3) is 32.7 Å². The van der Waals surface area contributed by atoms with E-state index in [1.165, 1.54) is 32.7 Å². The largest absolute Gasteiger partial charge is 0.310 e. The van der Waals surface area contributed by atoms with Crippen LogP contribution < -0.4 is 14.7 Å². The van der Waals surface area contributed by atoms with E-state index in [0.717, 1.165) is 51.2 Å². The molecule has 0 radical (unpaired) electrons. The maximum absolute atomic E-state index is 2.47. The van der Waals surface area contributed by atoms with Crippen molar-refractivity contribution >= 4 is 72.7 Å². The van der Waals surface area contributed by atoms with E-state index in [2.05, 4.69) is 227 Å². The molecule has 0 unspecified atom stereocenters. The first kappa shape index (κ1) is 30.7. The van der Waals surface area contributed by atoms with Crippen LogP contribution in [0, 0.1) is 0 Å². The monoisotopic (exact) mass is 677 g/mol. The van der Waals surface area contributed by atoms with Crippen LogP contribution in [0.4, 0.5) is 51.2 Å². The molecule has 0 atom stereocenters. The minimum atomic E-state index is 1.08. The van der Waals surface area contributed by atoms with Crippen molar-refractivity contribution in [3.05, 3.63) is 212 Å². The van der Waals surface area contributed by atoms with Gasteiger partial charge < -0.3 is 14.7 Å². The second-order valence-electron chi connectivity index (χ2n) is 13.4. The fourth-order valence-electron chi connectivity index (χ4n) is 8.03. The molecule has 1 heterocycles. The highest BCUT2D eigenvalue weighted by atomic mass is 15.2. The average Bonchev–Trinajstić information content (AvgIpc) is 3.22. The van der Waals surface area contributed by atoms with Crippen LogP contribution >= 0.6 is 0 Å². The predicted molar refractivity (Wildman–Crippen MR) is 224 cm³/mol. The summed E-state index contributed by atoms with van der Waals surface area (Å²) in [4.78, 5) is 7.19. The first-order chi connectivity index (χ1) is 26.3. The molecule has 0 saturated carbocycles. The van der Waals surface area contributed by atoms with Crippen LogP contribution in [0.5, 0.6) is 0 Å². The second kappa shape index (κ2) is 12.9. The van der Waals surface area contributed by atoms with Gasteiger partial charge in [0.15, 0.2) is 0 Å². The van der Waals surface area contributed by atoms with E-state index in [9.17, 15) is 0 Å². The molecule has 3 heteroatoms. The molecular formula is C50H35N3. The third-order valence-corrected chi connectivity index (χ3v) is 10.3. The molecule has 9 aromatic carbocycles. The lowest BCUT2D eigenvalue weighted by atomic mass is 9.90. The molecule has 0 aliphatic carbocycles. The summed E-state index contributed by atoms with van der Waals surface area (Å²) in [5, 5.41) is 4.83. The molecule has 0 saturated heterocycles. The smallest absolute Gasteiger partial charge is 0.0618 e. The molecule has 0 aromatic heterocycles. The molecule has 1 aliphatic rings. The molecule has 250 valence electrons. The SMILES string of the molecule is c1ccc(-c2c3ccccc3c(N3c4cccc(c4)N(c4ccccc4)c4cccc(c4)N(c4ccccc4)c4cccc3c4)c3ccccc23)cc1. The number of hydrogen-bond donors (Lipinski definition) is 0. The quantitative estimate of drug-likeness (QED) is 0.172. The summed E-state index contributed by atoms with van der Waals surface area (Å²) in [5.41, 5.74) is 12.3. The Balaban J connectivity index is 1.33. The zero-order valence-corrected chi connectivity index (χ0v) is 29.0. The van der Waals surface area contributed by atoms with Crippen LogP contribution in [-0.4, -0.2) is 0 Å². The summed E-state index contributed by atoms with van der Waals surface area (Å²) >= 11 is 0. The lowest BCUT2D eigenvalue weighted by molar-refractivity contribution is 1.22. The number of anilines is 9. The molecule has 0 amide bonds. The van der Waals surface area contributed by atoms with Gasteiger partial charge in [-0.2, -0.15) is 0 Å². The molecule has 0 spiro atoms. The molecular weight excluding hydrogens is 643 g/mol. The van der Waals surface area contributed by atoms with Crippen molar-refractivity contribution in [3.8, 4) is 11.1 Å². The second-order valence-corrected chi connectivity index (χ2v) is 13.4. The first-order valence-corrected chi connectivity index (χ1v) is 18.1. The number of hydrogen-bond acceptors (Lipinski definition) is 3. The minimum Gasteiger partial charge on any atom is -0.310 e. The normalized spacial score (nSPS) is 12.4. The number of fused-ring (bicyclic) bond motifs is 8. The Morgan fingerprint density at radius 1 is 0.226 bits per heavy atom. The van der Waals surface area contributed by atoms with Gasteiger partial charge in [0, 0.05) is 56.3 Å². The van der Waals surface area contributed by atoms with Gasteiger partial charge in [0.1, 0.15) is 0 Å². The molecule has 9 aromatic rings. The maximum atomic E-state index is 2.47. The van der Waals surface area contributed by atoms with E-state index in [0.29, 0.717) is 0 Å². The summed E-state index contributed by atoms with van der Waals surface area (Å²) in [7, 11) is 0. The van der Waals surface area contributed by atoms with Gasteiger partial charge in [-0.05, 0) is 101 Å². The van der Waals surface area contributed by atoms with Crippen molar-refractivity contribution in [2.45, 2.75) is 0 Å². The van der Waals surface area contributed by atoms with Crippen molar-refractivity contribution < 1.29 is 0 Å². The highest BCUT2D eigenvalue weighted by Gasteiger charge is 2.25. The Hall–Kier alpha value is -7.10. The van der Waals surface area contributed by atoms with Gasteiger partial charge >= 0.3 is 0 Å². The Morgan fingerprint density at radius 2 is 0.528 bits per heavy atom. The number of rotatable bonds is 4. The Bertz CT molecular complexity index is 2580. The Kier molecular flexibility index (Phi) is 7.47. The van der Waals surface area contributed by atoms with E-state index in [-0.39, 0.29) is 0 Å². The zero-order chi connectivity index (χ0) is 35.1. The zero-order valence-electron chi connectivity index (χ0n) is 29.0. The maximum Gasteiger partial charge on any atom is 0.0618 e. The van der Waals surface area contributed by atoms with E-state index < -0.39 is 0 Å². The lowest BCUT2D eigenvalue weighted by Crippen LogP contribution is -2.17. The molecule has 0 N–H and O–H groups in total. The van der Waals surface area contributed by atoms with E-state index >= 15 is 0 Å². The van der Waals surface area contributed by atoms with Crippen LogP contribution in [-0.2, 0) is 0 Å². The van der Waals surface area contributed by atoms with Gasteiger partial charge in [-0.15, -0.1) is 0 Å². The van der Waals surface area contributed by atoms with Crippen LogP contribution in [0.3, 0.4) is 0 Å². The van der Waals surface area contributed by atoms with Crippen LogP contribution in [0.15, 0.2) is 212 Å². The van der Waals surface area contributed by atoms with E-state index in [1.54, 1.807) is 0 Å². The third-order valence-electron chi connectivity index (χ3n) is 10.3. The lowest BCUT2D eigenvalue weighted by Gasteiger charge is -2.34. The summed E-state index contributed by atoms with van der Waals surface area (Å²) < 4.78 is 0. The molecule has 1 aliphatic heterocycles. The highest BCUT2D eigenvalue weighted by Crippen LogP contribution is 2.50. The van der Waals surface area contributed by atoms with Crippen LogP contribution in [0.2, 0.25) is 0 Å². The van der Waals surface area contributed by atoms with Crippen molar-refractivity contribution in [2.75, 3.05) is 14.7 Å². The number of nitrogens with zero attached hydrogens (tertiary/aromatic N) is 3. The topological polar surface area (TPSA) is 9.72 Å². The van der Waals surface area contributed by atoms with Gasteiger partial charge in [0.05, 0.1) is 5.69 Å². The molecule has 10 rings (SSSR count). The van der Waals surface area contributed by atoms with Gasteiger partial charge in [0.25, 0.3) is 0 Å². The van der Waals surface area contributed by atoms with E-state index in [1.807, 2.05) is 0 Å². The van der Waals surface area contributed by atoms with Crippen molar-refractivity contribution in [1.29, 1.82) is 0 Å².